The van der Waals surface area contributed by atoms with Crippen LogP contribution in [0.25, 0.3) is 0 Å². The number of fused-ring (bicyclic) bond motifs is 1. The molecule has 0 aliphatic heterocycles. The topological polar surface area (TPSA) is 110 Å². The number of ether oxygens (including phenoxy) is 1. The molecule has 3 aromatic rings. The van der Waals surface area contributed by atoms with Gasteiger partial charge in [-0.2, -0.15) is 0 Å². The number of thioether (sulfide) groups is 1. The number of aromatic nitrogens is 2. The van der Waals surface area contributed by atoms with E-state index in [1.165, 1.54) is 34.4 Å². The Morgan fingerprint density at radius 3 is 2.49 bits per heavy atom. The molecule has 37 heavy (non-hydrogen) atoms. The van der Waals surface area contributed by atoms with Gasteiger partial charge in [0.05, 0.1) is 17.4 Å². The van der Waals surface area contributed by atoms with Gasteiger partial charge in [-0.3, -0.25) is 14.9 Å². The van der Waals surface area contributed by atoms with Crippen LogP contribution in [0.1, 0.15) is 77.8 Å². The molecule has 1 unspecified atom stereocenters. The first-order chi connectivity index (χ1) is 17.6. The summed E-state index contributed by atoms with van der Waals surface area (Å²) in [5, 5.41) is 14.3. The van der Waals surface area contributed by atoms with E-state index in [-0.39, 0.29) is 23.8 Å². The van der Waals surface area contributed by atoms with Crippen LogP contribution in [0.2, 0.25) is 0 Å². The number of rotatable bonds is 8. The van der Waals surface area contributed by atoms with Gasteiger partial charge < -0.3 is 10.1 Å². The smallest absolute Gasteiger partial charge is 0.341 e. The standard InChI is InChI=1S/C26H30N4O4S3/c1-6-34-23(33)19-17-8-7-9-18(17)36-22(19)27-20(31)14(2)35-25-30-29-24(37-25)28-21(32)15-10-12-16(13-11-15)26(3,4)5/h10-14H,6-9H2,1-5H3,(H,27,31)(H,28,29,32). The number of carbonyl (C=O) groups excluding carboxylic acids is 3. The van der Waals surface area contributed by atoms with E-state index < -0.39 is 11.2 Å². The molecule has 11 heteroatoms. The average Bonchev–Trinajstić information content (AvgIpc) is 3.55. The van der Waals surface area contributed by atoms with Crippen molar-refractivity contribution in [2.75, 3.05) is 17.2 Å². The van der Waals surface area contributed by atoms with E-state index in [4.69, 9.17) is 4.74 Å². The summed E-state index contributed by atoms with van der Waals surface area (Å²) in [4.78, 5) is 39.3. The summed E-state index contributed by atoms with van der Waals surface area (Å²) >= 11 is 3.90. The van der Waals surface area contributed by atoms with Crippen LogP contribution >= 0.6 is 34.4 Å². The quantitative estimate of drug-likeness (QED) is 0.200. The second-order valence-electron chi connectivity index (χ2n) is 9.69. The molecule has 2 amide bonds. The number of hydrogen-bond acceptors (Lipinski definition) is 9. The lowest BCUT2D eigenvalue weighted by atomic mass is 9.87. The van der Waals surface area contributed by atoms with Gasteiger partial charge in [0.25, 0.3) is 5.91 Å². The van der Waals surface area contributed by atoms with Gasteiger partial charge in [-0.15, -0.1) is 21.5 Å². The summed E-state index contributed by atoms with van der Waals surface area (Å²) in [6.45, 7) is 10.2. The Labute approximate surface area is 228 Å². The van der Waals surface area contributed by atoms with Crippen molar-refractivity contribution in [2.45, 2.75) is 68.9 Å². The Balaban J connectivity index is 1.37. The van der Waals surface area contributed by atoms with Gasteiger partial charge in [0.2, 0.25) is 11.0 Å². The van der Waals surface area contributed by atoms with Gasteiger partial charge in [-0.1, -0.05) is 56.0 Å². The summed E-state index contributed by atoms with van der Waals surface area (Å²) in [6, 6.07) is 7.49. The van der Waals surface area contributed by atoms with Crippen molar-refractivity contribution < 1.29 is 19.1 Å². The molecule has 0 saturated heterocycles. The minimum absolute atomic E-state index is 0.00724. The van der Waals surface area contributed by atoms with Crippen LogP contribution in [-0.4, -0.2) is 39.8 Å². The molecular formula is C26H30N4O4S3. The Hall–Kier alpha value is -2.76. The highest BCUT2D eigenvalue weighted by molar-refractivity contribution is 8.02. The first kappa shape index (κ1) is 27.3. The highest BCUT2D eigenvalue weighted by Crippen LogP contribution is 2.40. The Morgan fingerprint density at radius 2 is 1.81 bits per heavy atom. The number of hydrogen-bond donors (Lipinski definition) is 2. The Morgan fingerprint density at radius 1 is 1.08 bits per heavy atom. The van der Waals surface area contributed by atoms with Crippen molar-refractivity contribution in [3.05, 3.63) is 51.4 Å². The highest BCUT2D eigenvalue weighted by Gasteiger charge is 2.29. The molecule has 1 aliphatic rings. The molecule has 1 atom stereocenters. The van der Waals surface area contributed by atoms with Crippen molar-refractivity contribution in [1.82, 2.24) is 10.2 Å². The van der Waals surface area contributed by atoms with Crippen LogP contribution in [0.4, 0.5) is 10.1 Å². The fourth-order valence-corrected chi connectivity index (χ4v) is 7.10. The predicted octanol–water partition coefficient (Wildman–Crippen LogP) is 5.93. The largest absolute Gasteiger partial charge is 0.462 e. The molecule has 196 valence electrons. The van der Waals surface area contributed by atoms with Gasteiger partial charge in [-0.25, -0.2) is 4.79 Å². The van der Waals surface area contributed by atoms with Crippen LogP contribution in [0.15, 0.2) is 28.6 Å². The molecule has 0 radical (unpaired) electrons. The molecule has 2 heterocycles. The lowest BCUT2D eigenvalue weighted by molar-refractivity contribution is -0.115. The summed E-state index contributed by atoms with van der Waals surface area (Å²) in [5.41, 5.74) is 3.17. The molecule has 1 aliphatic carbocycles. The zero-order valence-corrected chi connectivity index (χ0v) is 23.9. The highest BCUT2D eigenvalue weighted by atomic mass is 32.2. The van der Waals surface area contributed by atoms with Crippen molar-refractivity contribution in [3.8, 4) is 0 Å². The molecule has 4 rings (SSSR count). The third kappa shape index (κ3) is 6.39. The average molecular weight is 559 g/mol. The van der Waals surface area contributed by atoms with Crippen LogP contribution in [-0.2, 0) is 27.8 Å². The summed E-state index contributed by atoms with van der Waals surface area (Å²) in [6.07, 6.45) is 2.74. The molecule has 0 saturated carbocycles. The molecule has 0 spiro atoms. The molecule has 1 aromatic carbocycles. The van der Waals surface area contributed by atoms with Crippen LogP contribution in [0.5, 0.6) is 0 Å². The number of carbonyl (C=O) groups is 3. The van der Waals surface area contributed by atoms with Gasteiger partial charge in [0.1, 0.15) is 5.00 Å². The number of anilines is 2. The second-order valence-corrected chi connectivity index (χ2v) is 13.4. The maximum Gasteiger partial charge on any atom is 0.341 e. The summed E-state index contributed by atoms with van der Waals surface area (Å²) in [7, 11) is 0. The van der Waals surface area contributed by atoms with E-state index in [9.17, 15) is 14.4 Å². The lowest BCUT2D eigenvalue weighted by Crippen LogP contribution is -2.23. The van der Waals surface area contributed by atoms with Crippen LogP contribution < -0.4 is 10.6 Å². The van der Waals surface area contributed by atoms with E-state index in [0.29, 0.717) is 25.6 Å². The maximum atomic E-state index is 13.0. The zero-order chi connectivity index (χ0) is 26.7. The first-order valence-electron chi connectivity index (χ1n) is 12.1. The molecular weight excluding hydrogens is 529 g/mol. The molecule has 0 bridgehead atoms. The minimum atomic E-state index is -0.492. The lowest BCUT2D eigenvalue weighted by Gasteiger charge is -2.18. The van der Waals surface area contributed by atoms with E-state index in [1.54, 1.807) is 26.0 Å². The SMILES string of the molecule is CCOC(=O)c1c(NC(=O)C(C)Sc2nnc(NC(=O)c3ccc(C(C)(C)C)cc3)s2)sc2c1CCC2. The fraction of sp³-hybridized carbons (Fsp3) is 0.423. The Bertz CT molecular complexity index is 1310. The van der Waals surface area contributed by atoms with Gasteiger partial charge >= 0.3 is 5.97 Å². The van der Waals surface area contributed by atoms with Crippen molar-refractivity contribution in [3.63, 3.8) is 0 Å². The molecule has 0 fully saturated rings. The first-order valence-corrected chi connectivity index (χ1v) is 14.6. The van der Waals surface area contributed by atoms with Gasteiger partial charge in [-0.05, 0) is 61.8 Å². The summed E-state index contributed by atoms with van der Waals surface area (Å²) < 4.78 is 5.79. The second kappa shape index (κ2) is 11.3. The van der Waals surface area contributed by atoms with Crippen LogP contribution in [0.3, 0.4) is 0 Å². The van der Waals surface area contributed by atoms with Gasteiger partial charge in [0, 0.05) is 10.4 Å². The van der Waals surface area contributed by atoms with E-state index in [2.05, 4.69) is 41.6 Å². The van der Waals surface area contributed by atoms with Gasteiger partial charge in [0.15, 0.2) is 4.34 Å². The van der Waals surface area contributed by atoms with Crippen molar-refractivity contribution in [2.24, 2.45) is 0 Å². The molecule has 2 N–H and O–H groups in total. The number of esters is 1. The number of aryl methyl sites for hydroxylation is 1. The number of nitrogens with one attached hydrogen (secondary N) is 2. The zero-order valence-electron chi connectivity index (χ0n) is 21.5. The summed E-state index contributed by atoms with van der Waals surface area (Å²) in [5.74, 6) is -0.901. The number of nitrogens with zero attached hydrogens (tertiary/aromatic N) is 2. The normalized spacial score (nSPS) is 13.6. The number of benzene rings is 1. The monoisotopic (exact) mass is 558 g/mol. The maximum absolute atomic E-state index is 13.0. The van der Waals surface area contributed by atoms with E-state index in [1.807, 2.05) is 12.1 Å². The molecule has 2 aromatic heterocycles. The van der Waals surface area contributed by atoms with Crippen molar-refractivity contribution >= 4 is 62.4 Å². The molecule has 8 nitrogen and oxygen atoms in total. The third-order valence-corrected chi connectivity index (χ3v) is 9.15. The van der Waals surface area contributed by atoms with E-state index >= 15 is 0 Å². The minimum Gasteiger partial charge on any atom is -0.462 e. The predicted molar refractivity (Wildman–Crippen MR) is 149 cm³/mol. The Kier molecular flexibility index (Phi) is 8.35. The van der Waals surface area contributed by atoms with Crippen molar-refractivity contribution in [1.29, 1.82) is 0 Å². The van der Waals surface area contributed by atoms with E-state index in [0.717, 1.165) is 35.3 Å². The number of thiophene rings is 1. The number of amides is 2. The third-order valence-electron chi connectivity index (χ3n) is 5.92. The fourth-order valence-electron chi connectivity index (χ4n) is 3.93. The van der Waals surface area contributed by atoms with Crippen LogP contribution in [0, 0.1) is 0 Å².